The first-order chi connectivity index (χ1) is 7.59. The maximum atomic E-state index is 12.4. The van der Waals surface area contributed by atoms with Crippen LogP contribution in [0.3, 0.4) is 0 Å². The first kappa shape index (κ1) is 16.0. The van der Waals surface area contributed by atoms with Gasteiger partial charge in [0.2, 0.25) is 0 Å². The van der Waals surface area contributed by atoms with Crippen molar-refractivity contribution in [3.05, 3.63) is 0 Å². The lowest BCUT2D eigenvalue weighted by atomic mass is 10.3. The zero-order chi connectivity index (χ0) is 13.7. The van der Waals surface area contributed by atoms with Gasteiger partial charge in [0.1, 0.15) is 0 Å². The van der Waals surface area contributed by atoms with E-state index in [-0.39, 0.29) is 13.1 Å². The van der Waals surface area contributed by atoms with Gasteiger partial charge < -0.3 is 15.7 Å². The van der Waals surface area contributed by atoms with Crippen LogP contribution in [0.2, 0.25) is 0 Å². The van der Waals surface area contributed by atoms with E-state index in [0.717, 1.165) is 0 Å². The highest BCUT2D eigenvalue weighted by atomic mass is 19.4. The van der Waals surface area contributed by atoms with Gasteiger partial charge in [-0.3, -0.25) is 4.79 Å². The number of carbonyl (C=O) groups excluding carboxylic acids is 1. The maximum absolute atomic E-state index is 12.4. The summed E-state index contributed by atoms with van der Waals surface area (Å²) in [5, 5.41) is 12.8. The van der Waals surface area contributed by atoms with Gasteiger partial charge in [0.05, 0.1) is 6.10 Å². The Bertz CT molecular complexity index is 255. The van der Waals surface area contributed by atoms with Crippen molar-refractivity contribution in [2.75, 3.05) is 19.6 Å². The maximum Gasteiger partial charge on any atom is 0.463 e. The molecule has 0 aromatic rings. The van der Waals surface area contributed by atoms with Crippen molar-refractivity contribution in [3.63, 3.8) is 0 Å². The molecule has 0 aliphatic heterocycles. The summed E-state index contributed by atoms with van der Waals surface area (Å²) < 4.78 is 59.8. The monoisotopic (exact) mass is 264 g/mol. The van der Waals surface area contributed by atoms with Gasteiger partial charge in [-0.2, -0.15) is 22.0 Å². The lowest BCUT2D eigenvalue weighted by Gasteiger charge is -2.18. The number of aliphatic hydroxyl groups is 1. The summed E-state index contributed by atoms with van der Waals surface area (Å²) in [6, 6.07) is 0. The average molecular weight is 264 g/mol. The predicted octanol–water partition coefficient (Wildman–Crippen LogP) is 0.271. The highest BCUT2D eigenvalue weighted by molar-refractivity contribution is 5.84. The van der Waals surface area contributed by atoms with Crippen LogP contribution in [0.1, 0.15) is 6.92 Å². The summed E-state index contributed by atoms with van der Waals surface area (Å²) in [6.07, 6.45) is -6.58. The Balaban J connectivity index is 3.95. The van der Waals surface area contributed by atoms with E-state index in [1.165, 1.54) is 12.2 Å². The van der Waals surface area contributed by atoms with Crippen molar-refractivity contribution >= 4 is 5.91 Å². The molecule has 0 aliphatic carbocycles. The number of amides is 1. The summed E-state index contributed by atoms with van der Waals surface area (Å²) in [4.78, 5) is 10.6. The van der Waals surface area contributed by atoms with Gasteiger partial charge in [-0.05, 0) is 6.92 Å². The van der Waals surface area contributed by atoms with E-state index in [9.17, 15) is 26.7 Å². The number of nitrogens with one attached hydrogen (secondary N) is 2. The Hall–Kier alpha value is -0.960. The Morgan fingerprint density at radius 3 is 2.18 bits per heavy atom. The molecule has 102 valence electrons. The predicted molar refractivity (Wildman–Crippen MR) is 48.6 cm³/mol. The minimum absolute atomic E-state index is 0.0232. The number of rotatable bonds is 6. The molecule has 0 saturated heterocycles. The number of hydrogen-bond donors (Lipinski definition) is 3. The van der Waals surface area contributed by atoms with Crippen molar-refractivity contribution in [1.82, 2.24) is 10.6 Å². The number of halogens is 5. The lowest BCUT2D eigenvalue weighted by Crippen LogP contribution is -2.51. The van der Waals surface area contributed by atoms with Crippen molar-refractivity contribution in [3.8, 4) is 0 Å². The summed E-state index contributed by atoms with van der Waals surface area (Å²) in [5.74, 6) is -7.78. The minimum atomic E-state index is -5.90. The molecule has 0 heterocycles. The molecule has 9 heteroatoms. The van der Waals surface area contributed by atoms with E-state index in [0.29, 0.717) is 0 Å². The molecule has 1 atom stereocenters. The molecule has 0 aromatic heterocycles. The second-order valence-corrected chi connectivity index (χ2v) is 3.38. The molecule has 17 heavy (non-hydrogen) atoms. The zero-order valence-corrected chi connectivity index (χ0v) is 8.94. The topological polar surface area (TPSA) is 61.4 Å². The van der Waals surface area contributed by atoms with Crippen molar-refractivity contribution in [2.45, 2.75) is 25.1 Å². The second kappa shape index (κ2) is 6.10. The van der Waals surface area contributed by atoms with E-state index >= 15 is 0 Å². The Morgan fingerprint density at radius 2 is 1.76 bits per heavy atom. The number of carbonyl (C=O) groups is 1. The highest BCUT2D eigenvalue weighted by Gasteiger charge is 2.63. The molecule has 1 unspecified atom stereocenters. The molecular weight excluding hydrogens is 251 g/mol. The summed E-state index contributed by atoms with van der Waals surface area (Å²) in [5.41, 5.74) is 0. The SMILES string of the molecule is CC(O)CNCCNC(=O)C(F)(F)C(F)(F)F. The van der Waals surface area contributed by atoms with Gasteiger partial charge in [-0.15, -0.1) is 0 Å². The van der Waals surface area contributed by atoms with Gasteiger partial charge in [0.15, 0.2) is 0 Å². The Morgan fingerprint density at radius 1 is 1.24 bits per heavy atom. The van der Waals surface area contributed by atoms with Gasteiger partial charge >= 0.3 is 12.1 Å². The molecule has 0 fully saturated rings. The fourth-order valence-electron chi connectivity index (χ4n) is 0.815. The van der Waals surface area contributed by atoms with Gasteiger partial charge in [0.25, 0.3) is 5.91 Å². The number of aliphatic hydroxyl groups excluding tert-OH is 1. The molecule has 0 spiro atoms. The Labute approximate surface area is 94.2 Å². The molecule has 1 amide bonds. The van der Waals surface area contributed by atoms with Crippen molar-refractivity contribution in [2.24, 2.45) is 0 Å². The quantitative estimate of drug-likeness (QED) is 0.477. The van der Waals surface area contributed by atoms with Gasteiger partial charge in [-0.1, -0.05) is 0 Å². The van der Waals surface area contributed by atoms with Crippen LogP contribution in [0.5, 0.6) is 0 Å². The van der Waals surface area contributed by atoms with Gasteiger partial charge in [0, 0.05) is 19.6 Å². The smallest absolute Gasteiger partial charge is 0.392 e. The molecular formula is C8H13F5N2O2. The van der Waals surface area contributed by atoms with E-state index in [1.54, 1.807) is 0 Å². The third-order valence-corrected chi connectivity index (χ3v) is 1.67. The van der Waals surface area contributed by atoms with Crippen LogP contribution in [-0.2, 0) is 4.79 Å². The summed E-state index contributed by atoms with van der Waals surface area (Å²) in [6.45, 7) is 1.19. The number of alkyl halides is 5. The molecule has 0 saturated carbocycles. The standard InChI is InChI=1S/C8H13F5N2O2/c1-5(16)4-14-2-3-15-6(17)7(9,10)8(11,12)13/h5,14,16H,2-4H2,1H3,(H,15,17). The van der Waals surface area contributed by atoms with Crippen molar-refractivity contribution in [1.29, 1.82) is 0 Å². The third kappa shape index (κ3) is 5.26. The largest absolute Gasteiger partial charge is 0.463 e. The van der Waals surface area contributed by atoms with E-state index in [1.807, 2.05) is 0 Å². The molecule has 0 rings (SSSR count). The molecule has 0 aromatic carbocycles. The van der Waals surface area contributed by atoms with Crippen LogP contribution >= 0.6 is 0 Å². The van der Waals surface area contributed by atoms with Crippen LogP contribution < -0.4 is 10.6 Å². The lowest BCUT2D eigenvalue weighted by molar-refractivity contribution is -0.269. The van der Waals surface area contributed by atoms with Crippen LogP contribution in [0.25, 0.3) is 0 Å². The van der Waals surface area contributed by atoms with Crippen LogP contribution in [0, 0.1) is 0 Å². The molecule has 0 bridgehead atoms. The first-order valence-corrected chi connectivity index (χ1v) is 4.70. The number of hydrogen-bond acceptors (Lipinski definition) is 3. The van der Waals surface area contributed by atoms with Crippen LogP contribution in [0.15, 0.2) is 0 Å². The summed E-state index contributed by atoms with van der Waals surface area (Å²) in [7, 11) is 0. The molecule has 0 radical (unpaired) electrons. The fourth-order valence-corrected chi connectivity index (χ4v) is 0.815. The highest BCUT2D eigenvalue weighted by Crippen LogP contribution is 2.35. The second-order valence-electron chi connectivity index (χ2n) is 3.38. The molecule has 4 nitrogen and oxygen atoms in total. The van der Waals surface area contributed by atoms with E-state index in [2.05, 4.69) is 5.32 Å². The Kier molecular flexibility index (Phi) is 5.76. The van der Waals surface area contributed by atoms with Crippen LogP contribution in [-0.4, -0.2) is 48.9 Å². The fraction of sp³-hybridized carbons (Fsp3) is 0.875. The first-order valence-electron chi connectivity index (χ1n) is 4.70. The van der Waals surface area contributed by atoms with E-state index < -0.39 is 30.7 Å². The normalized spacial score (nSPS) is 14.5. The minimum Gasteiger partial charge on any atom is -0.392 e. The van der Waals surface area contributed by atoms with Crippen molar-refractivity contribution < 1.29 is 31.9 Å². The molecule has 0 aliphatic rings. The average Bonchev–Trinajstić information content (AvgIpc) is 2.14. The third-order valence-electron chi connectivity index (χ3n) is 1.67. The van der Waals surface area contributed by atoms with E-state index in [4.69, 9.17) is 5.11 Å². The van der Waals surface area contributed by atoms with Gasteiger partial charge in [-0.25, -0.2) is 0 Å². The molecule has 3 N–H and O–H groups in total. The van der Waals surface area contributed by atoms with Crippen LogP contribution in [0.4, 0.5) is 22.0 Å². The zero-order valence-electron chi connectivity index (χ0n) is 8.94. The summed E-state index contributed by atoms with van der Waals surface area (Å²) >= 11 is 0.